The summed E-state index contributed by atoms with van der Waals surface area (Å²) in [6, 6.07) is 0. The number of carbonyl (C=O) groups excluding carboxylic acids is 1. The van der Waals surface area contributed by atoms with Crippen molar-refractivity contribution in [3.05, 3.63) is 0 Å². The molecule has 0 aromatic heterocycles. The summed E-state index contributed by atoms with van der Waals surface area (Å²) in [5, 5.41) is 5.98. The third-order valence-corrected chi connectivity index (χ3v) is 2.91. The van der Waals surface area contributed by atoms with Gasteiger partial charge in [-0.2, -0.15) is 0 Å². The van der Waals surface area contributed by atoms with Gasteiger partial charge in [-0.3, -0.25) is 4.79 Å². The zero-order valence-electron chi connectivity index (χ0n) is 9.77. The highest BCUT2D eigenvalue weighted by Gasteiger charge is 2.26. The van der Waals surface area contributed by atoms with Gasteiger partial charge in [0.05, 0.1) is 6.54 Å². The van der Waals surface area contributed by atoms with Crippen LogP contribution in [0.3, 0.4) is 0 Å². The predicted molar refractivity (Wildman–Crippen MR) is 59.7 cm³/mol. The third-order valence-electron chi connectivity index (χ3n) is 2.91. The molecule has 1 saturated heterocycles. The Morgan fingerprint density at radius 3 is 2.67 bits per heavy atom. The van der Waals surface area contributed by atoms with Crippen LogP contribution in [0.15, 0.2) is 0 Å². The molecule has 0 aromatic rings. The molecule has 15 heavy (non-hydrogen) atoms. The fourth-order valence-corrected chi connectivity index (χ4v) is 1.78. The van der Waals surface area contributed by atoms with E-state index in [0.29, 0.717) is 18.5 Å². The number of nitrogens with one attached hydrogen (secondary N) is 2. The van der Waals surface area contributed by atoms with Crippen molar-refractivity contribution in [2.45, 2.75) is 26.7 Å². The fraction of sp³-hybridized carbons (Fsp3) is 0.909. The van der Waals surface area contributed by atoms with E-state index in [-0.39, 0.29) is 5.91 Å². The van der Waals surface area contributed by atoms with Crippen molar-refractivity contribution in [1.82, 2.24) is 10.6 Å². The lowest BCUT2D eigenvalue weighted by molar-refractivity contribution is -0.120. The quantitative estimate of drug-likeness (QED) is 0.702. The van der Waals surface area contributed by atoms with Gasteiger partial charge in [-0.1, -0.05) is 6.92 Å². The fourth-order valence-electron chi connectivity index (χ4n) is 1.78. The van der Waals surface area contributed by atoms with Crippen LogP contribution in [0.25, 0.3) is 0 Å². The molecule has 0 unspecified atom stereocenters. The van der Waals surface area contributed by atoms with E-state index in [4.69, 9.17) is 4.74 Å². The summed E-state index contributed by atoms with van der Waals surface area (Å²) in [5.41, 5.74) is 0.296. The number of likely N-dealkylation sites (N-methyl/N-ethyl adjacent to an activating group) is 1. The molecule has 4 nitrogen and oxygen atoms in total. The monoisotopic (exact) mass is 214 g/mol. The minimum Gasteiger partial charge on any atom is -0.381 e. The Balaban J connectivity index is 2.15. The summed E-state index contributed by atoms with van der Waals surface area (Å²) in [4.78, 5) is 11.2. The Kier molecular flexibility index (Phi) is 5.05. The molecule has 1 amide bonds. The predicted octanol–water partition coefficient (Wildman–Crippen LogP) is 0.529. The SMILES string of the molecule is CCNC(=O)CNCC1(C)CCOCC1. The highest BCUT2D eigenvalue weighted by atomic mass is 16.5. The van der Waals surface area contributed by atoms with Crippen LogP contribution < -0.4 is 10.6 Å². The van der Waals surface area contributed by atoms with Crippen LogP contribution in [-0.2, 0) is 9.53 Å². The molecule has 1 aliphatic rings. The molecule has 0 bridgehead atoms. The molecule has 0 aliphatic carbocycles. The van der Waals surface area contributed by atoms with Crippen molar-refractivity contribution in [1.29, 1.82) is 0 Å². The molecule has 88 valence electrons. The van der Waals surface area contributed by atoms with Gasteiger partial charge in [0.15, 0.2) is 0 Å². The molecule has 1 aliphatic heterocycles. The summed E-state index contributed by atoms with van der Waals surface area (Å²) in [5.74, 6) is 0.0770. The third kappa shape index (κ3) is 4.62. The Bertz CT molecular complexity index is 201. The summed E-state index contributed by atoms with van der Waals surface area (Å²) in [6.07, 6.45) is 2.16. The van der Waals surface area contributed by atoms with Crippen LogP contribution in [0.5, 0.6) is 0 Å². The molecule has 0 aromatic carbocycles. The molecule has 0 radical (unpaired) electrons. The average molecular weight is 214 g/mol. The molecule has 0 spiro atoms. The maximum absolute atomic E-state index is 11.2. The van der Waals surface area contributed by atoms with Crippen molar-refractivity contribution in [3.8, 4) is 0 Å². The zero-order chi connectivity index (χ0) is 11.1. The van der Waals surface area contributed by atoms with Crippen LogP contribution in [0.1, 0.15) is 26.7 Å². The highest BCUT2D eigenvalue weighted by Crippen LogP contribution is 2.28. The molecular weight excluding hydrogens is 192 g/mol. The van der Waals surface area contributed by atoms with Gasteiger partial charge in [-0.15, -0.1) is 0 Å². The first-order chi connectivity index (χ1) is 7.16. The van der Waals surface area contributed by atoms with Gasteiger partial charge in [-0.05, 0) is 25.2 Å². The van der Waals surface area contributed by atoms with Crippen molar-refractivity contribution in [2.24, 2.45) is 5.41 Å². The second-order valence-corrected chi connectivity index (χ2v) is 4.48. The van der Waals surface area contributed by atoms with Crippen molar-refractivity contribution in [2.75, 3.05) is 32.8 Å². The van der Waals surface area contributed by atoms with Gasteiger partial charge in [-0.25, -0.2) is 0 Å². The van der Waals surface area contributed by atoms with E-state index in [0.717, 1.165) is 32.6 Å². The summed E-state index contributed by atoms with van der Waals surface area (Å²) in [7, 11) is 0. The lowest BCUT2D eigenvalue weighted by atomic mass is 9.82. The molecule has 1 heterocycles. The maximum Gasteiger partial charge on any atom is 0.233 e. The van der Waals surface area contributed by atoms with E-state index < -0.39 is 0 Å². The largest absolute Gasteiger partial charge is 0.381 e. The van der Waals surface area contributed by atoms with E-state index >= 15 is 0 Å². The number of rotatable bonds is 5. The Hall–Kier alpha value is -0.610. The van der Waals surface area contributed by atoms with E-state index in [1.807, 2.05) is 6.92 Å². The first-order valence-electron chi connectivity index (χ1n) is 5.71. The lowest BCUT2D eigenvalue weighted by Gasteiger charge is -2.33. The Morgan fingerprint density at radius 2 is 2.07 bits per heavy atom. The van der Waals surface area contributed by atoms with Gasteiger partial charge in [0.2, 0.25) is 5.91 Å². The molecule has 1 rings (SSSR count). The van der Waals surface area contributed by atoms with Gasteiger partial charge < -0.3 is 15.4 Å². The van der Waals surface area contributed by atoms with E-state index in [9.17, 15) is 4.79 Å². The van der Waals surface area contributed by atoms with Gasteiger partial charge in [0.25, 0.3) is 0 Å². The number of hydrogen-bond acceptors (Lipinski definition) is 3. The minimum absolute atomic E-state index is 0.0770. The standard InChI is InChI=1S/C11H22N2O2/c1-3-13-10(14)8-12-9-11(2)4-6-15-7-5-11/h12H,3-9H2,1-2H3,(H,13,14). The number of amides is 1. The summed E-state index contributed by atoms with van der Waals surface area (Å²) in [6.45, 7) is 7.89. The highest BCUT2D eigenvalue weighted by molar-refractivity contribution is 5.77. The molecule has 2 N–H and O–H groups in total. The zero-order valence-corrected chi connectivity index (χ0v) is 9.77. The van der Waals surface area contributed by atoms with Crippen molar-refractivity contribution >= 4 is 5.91 Å². The molecule has 4 heteroatoms. The maximum atomic E-state index is 11.2. The molecular formula is C11H22N2O2. The van der Waals surface area contributed by atoms with Gasteiger partial charge >= 0.3 is 0 Å². The van der Waals surface area contributed by atoms with Gasteiger partial charge in [0, 0.05) is 26.3 Å². The Morgan fingerprint density at radius 1 is 1.40 bits per heavy atom. The summed E-state index contributed by atoms with van der Waals surface area (Å²) < 4.78 is 5.32. The van der Waals surface area contributed by atoms with E-state index in [1.165, 1.54) is 0 Å². The summed E-state index contributed by atoms with van der Waals surface area (Å²) >= 11 is 0. The van der Waals surface area contributed by atoms with Crippen LogP contribution in [-0.4, -0.2) is 38.8 Å². The van der Waals surface area contributed by atoms with Crippen LogP contribution in [0.2, 0.25) is 0 Å². The normalized spacial score (nSPS) is 19.9. The number of ether oxygens (including phenoxy) is 1. The van der Waals surface area contributed by atoms with Crippen LogP contribution in [0.4, 0.5) is 0 Å². The van der Waals surface area contributed by atoms with E-state index in [1.54, 1.807) is 0 Å². The number of hydrogen-bond donors (Lipinski definition) is 2. The first kappa shape index (κ1) is 12.5. The number of carbonyl (C=O) groups is 1. The topological polar surface area (TPSA) is 50.4 Å². The molecule has 0 atom stereocenters. The second-order valence-electron chi connectivity index (χ2n) is 4.48. The van der Waals surface area contributed by atoms with Crippen molar-refractivity contribution in [3.63, 3.8) is 0 Å². The van der Waals surface area contributed by atoms with Crippen LogP contribution in [0, 0.1) is 5.41 Å². The smallest absolute Gasteiger partial charge is 0.233 e. The second kappa shape index (κ2) is 6.08. The van der Waals surface area contributed by atoms with Crippen molar-refractivity contribution < 1.29 is 9.53 Å². The van der Waals surface area contributed by atoms with Gasteiger partial charge in [0.1, 0.15) is 0 Å². The van der Waals surface area contributed by atoms with Crippen LogP contribution >= 0.6 is 0 Å². The minimum atomic E-state index is 0.0770. The average Bonchev–Trinajstić information content (AvgIpc) is 2.19. The first-order valence-corrected chi connectivity index (χ1v) is 5.71. The lowest BCUT2D eigenvalue weighted by Crippen LogP contribution is -2.41. The van der Waals surface area contributed by atoms with E-state index in [2.05, 4.69) is 17.6 Å². The molecule has 1 fully saturated rings. The Labute approximate surface area is 91.8 Å². The molecule has 0 saturated carbocycles.